The van der Waals surface area contributed by atoms with Gasteiger partial charge in [0.2, 0.25) is 17.8 Å². The van der Waals surface area contributed by atoms with Crippen molar-refractivity contribution < 1.29 is 4.52 Å². The first-order valence-electron chi connectivity index (χ1n) is 6.10. The van der Waals surface area contributed by atoms with E-state index in [2.05, 4.69) is 40.5 Å². The summed E-state index contributed by atoms with van der Waals surface area (Å²) >= 11 is 0. The summed E-state index contributed by atoms with van der Waals surface area (Å²) in [7, 11) is 0. The van der Waals surface area contributed by atoms with Crippen molar-refractivity contribution in [1.29, 1.82) is 0 Å². The molecule has 3 aromatic heterocycles. The molecule has 3 N–H and O–H groups in total. The average Bonchev–Trinajstić information content (AvgIpc) is 3.10. The Bertz CT molecular complexity index is 721. The van der Waals surface area contributed by atoms with Gasteiger partial charge >= 0.3 is 0 Å². The summed E-state index contributed by atoms with van der Waals surface area (Å²) in [5.41, 5.74) is 5.65. The van der Waals surface area contributed by atoms with Crippen LogP contribution in [0.5, 0.6) is 0 Å². The molecule has 21 heavy (non-hydrogen) atoms. The van der Waals surface area contributed by atoms with Crippen molar-refractivity contribution in [2.24, 2.45) is 0 Å². The molecular formula is C10H12N10O. The smallest absolute Gasteiger partial charge is 0.258 e. The number of nitrogen functional groups attached to an aromatic ring is 1. The van der Waals surface area contributed by atoms with Crippen molar-refractivity contribution in [2.75, 3.05) is 17.6 Å². The highest BCUT2D eigenvalue weighted by Gasteiger charge is 2.07. The lowest BCUT2D eigenvalue weighted by Crippen LogP contribution is -2.13. The molecule has 3 aromatic rings. The second-order valence-corrected chi connectivity index (χ2v) is 4.06. The summed E-state index contributed by atoms with van der Waals surface area (Å²) in [4.78, 5) is 20.1. The van der Waals surface area contributed by atoms with Crippen LogP contribution in [0.1, 0.15) is 11.7 Å². The first-order valence-corrected chi connectivity index (χ1v) is 6.10. The van der Waals surface area contributed by atoms with Gasteiger partial charge < -0.3 is 15.6 Å². The predicted octanol–water partition coefficient (Wildman–Crippen LogP) is -0.619. The molecule has 0 saturated carbocycles. The highest BCUT2D eigenvalue weighted by molar-refractivity contribution is 5.34. The number of hydrogen-bond acceptors (Lipinski definition) is 10. The largest absolute Gasteiger partial charge is 0.368 e. The van der Waals surface area contributed by atoms with Gasteiger partial charge in [-0.15, -0.1) is 0 Å². The Morgan fingerprint density at radius 3 is 2.90 bits per heavy atom. The Kier molecular flexibility index (Phi) is 3.37. The molecular weight excluding hydrogens is 276 g/mol. The molecule has 0 amide bonds. The van der Waals surface area contributed by atoms with Gasteiger partial charge in [-0.25, -0.2) is 4.98 Å². The fourth-order valence-electron chi connectivity index (χ4n) is 1.60. The molecule has 0 fully saturated rings. The Hall–Kier alpha value is -3.11. The molecule has 3 heterocycles. The van der Waals surface area contributed by atoms with Crippen molar-refractivity contribution in [3.63, 3.8) is 0 Å². The van der Waals surface area contributed by atoms with E-state index < -0.39 is 0 Å². The number of aryl methyl sites for hydroxylation is 1. The lowest BCUT2D eigenvalue weighted by atomic mass is 10.4. The van der Waals surface area contributed by atoms with Gasteiger partial charge in [0.25, 0.3) is 5.95 Å². The van der Waals surface area contributed by atoms with Crippen LogP contribution in [-0.4, -0.2) is 46.4 Å². The molecule has 0 aromatic carbocycles. The second-order valence-electron chi connectivity index (χ2n) is 4.06. The Morgan fingerprint density at radius 1 is 1.29 bits per heavy atom. The van der Waals surface area contributed by atoms with E-state index in [9.17, 15) is 0 Å². The van der Waals surface area contributed by atoms with Crippen LogP contribution < -0.4 is 11.1 Å². The maximum absolute atomic E-state index is 5.65. The second kappa shape index (κ2) is 5.48. The minimum atomic E-state index is 0.0911. The topological polar surface area (TPSA) is 146 Å². The molecule has 0 aliphatic heterocycles. The van der Waals surface area contributed by atoms with Gasteiger partial charge in [0.15, 0.2) is 5.82 Å². The van der Waals surface area contributed by atoms with Crippen LogP contribution in [0, 0.1) is 6.92 Å². The van der Waals surface area contributed by atoms with Crippen molar-refractivity contribution in [2.45, 2.75) is 13.3 Å². The quantitative estimate of drug-likeness (QED) is 0.622. The highest BCUT2D eigenvalue weighted by atomic mass is 16.5. The summed E-state index contributed by atoms with van der Waals surface area (Å²) in [5, 5.41) is 10.8. The van der Waals surface area contributed by atoms with Gasteiger partial charge in [0.05, 0.1) is 0 Å². The summed E-state index contributed by atoms with van der Waals surface area (Å²) in [6.07, 6.45) is 3.42. The van der Waals surface area contributed by atoms with E-state index in [0.717, 1.165) is 0 Å². The monoisotopic (exact) mass is 288 g/mol. The Balaban J connectivity index is 1.68. The number of hydrogen-bond donors (Lipinski definition) is 2. The molecule has 0 aliphatic rings. The minimum absolute atomic E-state index is 0.0911. The first kappa shape index (κ1) is 12.9. The third-order valence-electron chi connectivity index (χ3n) is 2.47. The number of anilines is 2. The van der Waals surface area contributed by atoms with Crippen LogP contribution in [0.15, 0.2) is 17.2 Å². The molecule has 0 atom stereocenters. The van der Waals surface area contributed by atoms with Crippen molar-refractivity contribution in [3.8, 4) is 5.95 Å². The predicted molar refractivity (Wildman–Crippen MR) is 70.4 cm³/mol. The van der Waals surface area contributed by atoms with E-state index in [1.165, 1.54) is 17.3 Å². The standard InChI is InChI=1S/C10H12N10O/c1-6-15-7(19-21-6)2-3-13-9-16-8(11)17-10(18-9)20-5-12-4-14-20/h4-5H,2-3H2,1H3,(H3,11,13,16,17,18). The summed E-state index contributed by atoms with van der Waals surface area (Å²) < 4.78 is 6.28. The first-order chi connectivity index (χ1) is 10.2. The molecule has 3 rings (SSSR count). The van der Waals surface area contributed by atoms with Crippen LogP contribution in [-0.2, 0) is 6.42 Å². The fraction of sp³-hybridized carbons (Fsp3) is 0.300. The zero-order valence-electron chi connectivity index (χ0n) is 11.1. The molecule has 0 unspecified atom stereocenters. The van der Waals surface area contributed by atoms with Crippen LogP contribution in [0.4, 0.5) is 11.9 Å². The van der Waals surface area contributed by atoms with Gasteiger partial charge in [-0.1, -0.05) is 5.16 Å². The normalized spacial score (nSPS) is 10.7. The number of nitrogens with zero attached hydrogens (tertiary/aromatic N) is 8. The summed E-state index contributed by atoms with van der Waals surface area (Å²) in [5.74, 6) is 1.86. The van der Waals surface area contributed by atoms with Crippen molar-refractivity contribution >= 4 is 11.9 Å². The van der Waals surface area contributed by atoms with E-state index >= 15 is 0 Å². The third kappa shape index (κ3) is 3.08. The molecule has 0 radical (unpaired) electrons. The molecule has 0 aliphatic carbocycles. The number of aromatic nitrogens is 8. The van der Waals surface area contributed by atoms with Crippen molar-refractivity contribution in [1.82, 2.24) is 39.9 Å². The Labute approximate surface area is 118 Å². The summed E-state index contributed by atoms with van der Waals surface area (Å²) in [6.45, 7) is 2.26. The maximum atomic E-state index is 5.65. The summed E-state index contributed by atoms with van der Waals surface area (Å²) in [6, 6.07) is 0. The minimum Gasteiger partial charge on any atom is -0.368 e. The third-order valence-corrected chi connectivity index (χ3v) is 2.47. The molecule has 0 bridgehead atoms. The molecule has 11 heteroatoms. The van der Waals surface area contributed by atoms with E-state index in [1.54, 1.807) is 6.92 Å². The molecule has 11 nitrogen and oxygen atoms in total. The molecule has 0 saturated heterocycles. The van der Waals surface area contributed by atoms with Gasteiger partial charge in [-0.2, -0.15) is 29.7 Å². The van der Waals surface area contributed by atoms with E-state index in [4.69, 9.17) is 10.3 Å². The Morgan fingerprint density at radius 2 is 2.19 bits per heavy atom. The number of nitrogens with one attached hydrogen (secondary N) is 1. The number of nitrogens with two attached hydrogens (primary N) is 1. The SMILES string of the molecule is Cc1nc(CCNc2nc(N)nc(-n3cncn3)n2)no1. The molecule has 108 valence electrons. The van der Waals surface area contributed by atoms with Crippen LogP contribution in [0.3, 0.4) is 0 Å². The van der Waals surface area contributed by atoms with Crippen molar-refractivity contribution in [3.05, 3.63) is 24.4 Å². The van der Waals surface area contributed by atoms with E-state index in [-0.39, 0.29) is 11.9 Å². The zero-order valence-corrected chi connectivity index (χ0v) is 11.1. The zero-order chi connectivity index (χ0) is 14.7. The average molecular weight is 288 g/mol. The van der Waals surface area contributed by atoms with E-state index in [0.29, 0.717) is 30.6 Å². The van der Waals surface area contributed by atoms with E-state index in [1.807, 2.05) is 0 Å². The molecule has 0 spiro atoms. The van der Waals surface area contributed by atoms with Crippen LogP contribution >= 0.6 is 0 Å². The van der Waals surface area contributed by atoms with Gasteiger partial charge in [0.1, 0.15) is 12.7 Å². The fourth-order valence-corrected chi connectivity index (χ4v) is 1.60. The lowest BCUT2D eigenvalue weighted by molar-refractivity contribution is 0.387. The maximum Gasteiger partial charge on any atom is 0.258 e. The van der Waals surface area contributed by atoms with Gasteiger partial charge in [0, 0.05) is 19.9 Å². The van der Waals surface area contributed by atoms with Crippen LogP contribution in [0.2, 0.25) is 0 Å². The van der Waals surface area contributed by atoms with Gasteiger partial charge in [-0.3, -0.25) is 0 Å². The van der Waals surface area contributed by atoms with Gasteiger partial charge in [-0.05, 0) is 0 Å². The highest BCUT2D eigenvalue weighted by Crippen LogP contribution is 2.06. The number of rotatable bonds is 5. The lowest BCUT2D eigenvalue weighted by Gasteiger charge is -2.05. The van der Waals surface area contributed by atoms with Crippen LogP contribution in [0.25, 0.3) is 5.95 Å².